The summed E-state index contributed by atoms with van der Waals surface area (Å²) < 4.78 is 11.4. The van der Waals surface area contributed by atoms with Gasteiger partial charge in [0, 0.05) is 17.7 Å². The van der Waals surface area contributed by atoms with Crippen LogP contribution < -0.4 is 4.74 Å². The maximum atomic E-state index is 13.4. The minimum absolute atomic E-state index is 0.0282. The third-order valence-corrected chi connectivity index (χ3v) is 4.77. The summed E-state index contributed by atoms with van der Waals surface area (Å²) in [6, 6.07) is 20.1. The van der Waals surface area contributed by atoms with Crippen LogP contribution in [0.4, 0.5) is 5.69 Å². The van der Waals surface area contributed by atoms with E-state index in [1.165, 1.54) is 12.1 Å². The van der Waals surface area contributed by atoms with Crippen LogP contribution >= 0.6 is 0 Å². The number of carbonyl (C=O) groups is 1. The second-order valence-electron chi connectivity index (χ2n) is 7.10. The van der Waals surface area contributed by atoms with Gasteiger partial charge in [0.1, 0.15) is 11.3 Å². The van der Waals surface area contributed by atoms with Crippen LogP contribution in [0.5, 0.6) is 5.75 Å². The number of oxazole rings is 1. The number of ketones is 1. The Morgan fingerprint density at radius 3 is 2.44 bits per heavy atom. The number of nitro groups is 1. The Kier molecular flexibility index (Phi) is 6.07. The van der Waals surface area contributed by atoms with E-state index in [2.05, 4.69) is 4.98 Å². The van der Waals surface area contributed by atoms with Crippen molar-refractivity contribution in [3.63, 3.8) is 0 Å². The summed E-state index contributed by atoms with van der Waals surface area (Å²) in [6.45, 7) is 2.62. The first-order chi connectivity index (χ1) is 15.5. The van der Waals surface area contributed by atoms with Crippen molar-refractivity contribution in [3.8, 4) is 5.75 Å². The lowest BCUT2D eigenvalue weighted by Gasteiger charge is -2.07. The molecule has 0 fully saturated rings. The fourth-order valence-corrected chi connectivity index (χ4v) is 3.15. The number of benzene rings is 3. The van der Waals surface area contributed by atoms with Gasteiger partial charge in [-0.05, 0) is 66.6 Å². The Balaban J connectivity index is 1.74. The zero-order valence-corrected chi connectivity index (χ0v) is 17.4. The predicted octanol–water partition coefficient (Wildman–Crippen LogP) is 5.95. The highest BCUT2D eigenvalue weighted by Gasteiger charge is 2.20. The second-order valence-corrected chi connectivity index (χ2v) is 7.10. The lowest BCUT2D eigenvalue weighted by molar-refractivity contribution is -0.384. The molecule has 160 valence electrons. The molecule has 0 saturated heterocycles. The number of ether oxygens (including phenoxy) is 1. The molecule has 0 atom stereocenters. The van der Waals surface area contributed by atoms with Crippen molar-refractivity contribution in [2.24, 2.45) is 0 Å². The first kappa shape index (κ1) is 21.0. The molecule has 0 aliphatic rings. The van der Waals surface area contributed by atoms with Gasteiger partial charge in [-0.15, -0.1) is 0 Å². The lowest BCUT2D eigenvalue weighted by Crippen LogP contribution is -2.04. The molecular weight excluding hydrogens is 408 g/mol. The summed E-state index contributed by atoms with van der Waals surface area (Å²) >= 11 is 0. The normalized spacial score (nSPS) is 11.5. The predicted molar refractivity (Wildman–Crippen MR) is 122 cm³/mol. The van der Waals surface area contributed by atoms with Crippen LogP contribution in [0.3, 0.4) is 0 Å². The summed E-state index contributed by atoms with van der Waals surface area (Å²) in [5.74, 6) is 0.587. The van der Waals surface area contributed by atoms with Crippen molar-refractivity contribution in [2.75, 3.05) is 6.61 Å². The van der Waals surface area contributed by atoms with E-state index in [1.54, 1.807) is 54.6 Å². The second kappa shape index (κ2) is 9.26. The van der Waals surface area contributed by atoms with Crippen molar-refractivity contribution in [1.82, 2.24) is 4.98 Å². The van der Waals surface area contributed by atoms with Crippen molar-refractivity contribution in [3.05, 3.63) is 99.9 Å². The third kappa shape index (κ3) is 4.57. The van der Waals surface area contributed by atoms with Crippen LogP contribution in [0.15, 0.2) is 77.2 Å². The first-order valence-electron chi connectivity index (χ1n) is 10.1. The van der Waals surface area contributed by atoms with Gasteiger partial charge in [0.2, 0.25) is 5.89 Å². The van der Waals surface area contributed by atoms with Crippen LogP contribution in [-0.2, 0) is 0 Å². The van der Waals surface area contributed by atoms with Gasteiger partial charge >= 0.3 is 0 Å². The number of rotatable bonds is 8. The first-order valence-corrected chi connectivity index (χ1v) is 10.1. The molecule has 0 N–H and O–H groups in total. The highest BCUT2D eigenvalue weighted by atomic mass is 16.6. The number of carbonyl (C=O) groups excluding carboxylic acids is 1. The standard InChI is InChI=1S/C25H20N2O5/c1-2-15-31-20-13-9-18(10-14-20)24(28)21(16-17-7-11-19(12-8-17)27(29)30)25-26-22-5-3-4-6-23(22)32-25/h3-14,16H,2,15H2,1H3. The topological polar surface area (TPSA) is 95.5 Å². The number of aromatic nitrogens is 1. The molecule has 7 heteroatoms. The van der Waals surface area contributed by atoms with Crippen LogP contribution in [0, 0.1) is 10.1 Å². The van der Waals surface area contributed by atoms with Crippen LogP contribution in [-0.4, -0.2) is 22.3 Å². The van der Waals surface area contributed by atoms with Crippen molar-refractivity contribution in [1.29, 1.82) is 0 Å². The molecule has 0 radical (unpaired) electrons. The summed E-state index contributed by atoms with van der Waals surface area (Å²) in [5, 5.41) is 10.9. The van der Waals surface area contributed by atoms with E-state index in [0.29, 0.717) is 34.6 Å². The van der Waals surface area contributed by atoms with Gasteiger partial charge in [-0.3, -0.25) is 14.9 Å². The van der Waals surface area contributed by atoms with E-state index in [-0.39, 0.29) is 22.9 Å². The lowest BCUT2D eigenvalue weighted by atomic mass is 10.0. The van der Waals surface area contributed by atoms with Gasteiger partial charge in [-0.2, -0.15) is 0 Å². The molecule has 0 bridgehead atoms. The number of para-hydroxylation sites is 2. The maximum absolute atomic E-state index is 13.4. The third-order valence-electron chi connectivity index (χ3n) is 4.77. The molecule has 1 heterocycles. The summed E-state index contributed by atoms with van der Waals surface area (Å²) in [4.78, 5) is 28.4. The minimum atomic E-state index is -0.470. The highest BCUT2D eigenvalue weighted by molar-refractivity contribution is 6.31. The molecule has 4 aromatic rings. The molecule has 0 spiro atoms. The van der Waals surface area contributed by atoms with Crippen molar-refractivity contribution in [2.45, 2.75) is 13.3 Å². The largest absolute Gasteiger partial charge is 0.494 e. The van der Waals surface area contributed by atoms with E-state index >= 15 is 0 Å². The van der Waals surface area contributed by atoms with E-state index in [1.807, 2.05) is 19.1 Å². The van der Waals surface area contributed by atoms with Gasteiger partial charge in [0.05, 0.1) is 17.1 Å². The molecule has 0 aliphatic carbocycles. The zero-order valence-electron chi connectivity index (χ0n) is 17.4. The smallest absolute Gasteiger partial charge is 0.269 e. The monoisotopic (exact) mass is 428 g/mol. The Morgan fingerprint density at radius 1 is 1.06 bits per heavy atom. The average Bonchev–Trinajstić information content (AvgIpc) is 3.25. The van der Waals surface area contributed by atoms with Gasteiger partial charge in [0.15, 0.2) is 11.4 Å². The summed E-state index contributed by atoms with van der Waals surface area (Å²) in [7, 11) is 0. The number of non-ortho nitro benzene ring substituents is 1. The maximum Gasteiger partial charge on any atom is 0.269 e. The SMILES string of the molecule is CCCOc1ccc(C(=O)C(=Cc2ccc([N+](=O)[O-])cc2)c2nc3ccccc3o2)cc1. The number of Topliss-reactive ketones (excluding diaryl/α,β-unsaturated/α-hetero) is 1. The zero-order chi connectivity index (χ0) is 22.5. The fourth-order valence-electron chi connectivity index (χ4n) is 3.15. The molecule has 0 unspecified atom stereocenters. The van der Waals surface area contributed by atoms with Crippen molar-refractivity contribution >= 4 is 34.2 Å². The van der Waals surface area contributed by atoms with Gasteiger partial charge in [-0.25, -0.2) is 4.98 Å². The van der Waals surface area contributed by atoms with Crippen LogP contribution in [0.25, 0.3) is 22.7 Å². The van der Waals surface area contributed by atoms with Crippen LogP contribution in [0.2, 0.25) is 0 Å². The Labute approximate surface area is 184 Å². The van der Waals surface area contributed by atoms with Gasteiger partial charge in [-0.1, -0.05) is 19.1 Å². The number of hydrogen-bond donors (Lipinski definition) is 0. The minimum Gasteiger partial charge on any atom is -0.494 e. The molecule has 7 nitrogen and oxygen atoms in total. The van der Waals surface area contributed by atoms with Crippen LogP contribution in [0.1, 0.15) is 35.2 Å². The number of fused-ring (bicyclic) bond motifs is 1. The van der Waals surface area contributed by atoms with E-state index < -0.39 is 4.92 Å². The van der Waals surface area contributed by atoms with Gasteiger partial charge < -0.3 is 9.15 Å². The fraction of sp³-hybridized carbons (Fsp3) is 0.120. The molecule has 0 amide bonds. The van der Waals surface area contributed by atoms with E-state index in [4.69, 9.17) is 9.15 Å². The molecule has 1 aromatic heterocycles. The van der Waals surface area contributed by atoms with Gasteiger partial charge in [0.25, 0.3) is 5.69 Å². The number of allylic oxidation sites excluding steroid dienone is 1. The molecule has 0 aliphatic heterocycles. The number of nitro benzene ring substituents is 1. The van der Waals surface area contributed by atoms with E-state index in [0.717, 1.165) is 6.42 Å². The molecule has 3 aromatic carbocycles. The molecule has 4 rings (SSSR count). The van der Waals surface area contributed by atoms with Crippen molar-refractivity contribution < 1.29 is 18.9 Å². The molecule has 0 saturated carbocycles. The summed E-state index contributed by atoms with van der Waals surface area (Å²) in [6.07, 6.45) is 2.51. The Morgan fingerprint density at radius 2 is 1.78 bits per heavy atom. The highest BCUT2D eigenvalue weighted by Crippen LogP contribution is 2.27. The Hall–Kier alpha value is -4.26. The Bertz CT molecular complexity index is 1260. The summed E-state index contributed by atoms with van der Waals surface area (Å²) in [5.41, 5.74) is 2.48. The molecule has 32 heavy (non-hydrogen) atoms. The quantitative estimate of drug-likeness (QED) is 0.149. The van der Waals surface area contributed by atoms with E-state index in [9.17, 15) is 14.9 Å². The number of nitrogens with zero attached hydrogens (tertiary/aromatic N) is 2. The number of hydrogen-bond acceptors (Lipinski definition) is 6. The average molecular weight is 428 g/mol. The molecular formula is C25H20N2O5.